The first-order valence-electron chi connectivity index (χ1n) is 8.13. The third-order valence-electron chi connectivity index (χ3n) is 5.01. The molecule has 0 radical (unpaired) electrons. The largest absolute Gasteiger partial charge is 0.330 e. The Morgan fingerprint density at radius 2 is 1.94 bits per heavy atom. The molecule has 2 nitrogen and oxygen atoms in total. The van der Waals surface area contributed by atoms with E-state index in [0.29, 0.717) is 6.04 Å². The molecule has 0 bridgehead atoms. The molecule has 0 heterocycles. The summed E-state index contributed by atoms with van der Waals surface area (Å²) >= 11 is 0. The van der Waals surface area contributed by atoms with Gasteiger partial charge in [0.2, 0.25) is 0 Å². The van der Waals surface area contributed by atoms with Crippen molar-refractivity contribution in [2.45, 2.75) is 78.3 Å². The van der Waals surface area contributed by atoms with Crippen LogP contribution >= 0.6 is 0 Å². The highest BCUT2D eigenvalue weighted by Gasteiger charge is 2.34. The van der Waals surface area contributed by atoms with Gasteiger partial charge in [-0.3, -0.25) is 4.90 Å². The molecule has 0 saturated heterocycles. The molecule has 0 amide bonds. The van der Waals surface area contributed by atoms with Crippen molar-refractivity contribution >= 4 is 0 Å². The summed E-state index contributed by atoms with van der Waals surface area (Å²) in [6.45, 7) is 11.3. The van der Waals surface area contributed by atoms with Crippen LogP contribution in [-0.4, -0.2) is 30.1 Å². The van der Waals surface area contributed by atoms with Crippen LogP contribution in [0.25, 0.3) is 0 Å². The van der Waals surface area contributed by atoms with Gasteiger partial charge in [0.1, 0.15) is 0 Å². The standard InChI is InChI=1S/C16H34N2/c1-5-8-14-9-10-15(12-17)16(11-14)18(7-3)13(4)6-2/h13-16H,5-12,17H2,1-4H3. The minimum atomic E-state index is 0.703. The maximum absolute atomic E-state index is 6.02. The monoisotopic (exact) mass is 254 g/mol. The van der Waals surface area contributed by atoms with E-state index in [0.717, 1.165) is 24.4 Å². The molecule has 1 fully saturated rings. The van der Waals surface area contributed by atoms with Gasteiger partial charge in [-0.25, -0.2) is 0 Å². The molecule has 0 aromatic carbocycles. The van der Waals surface area contributed by atoms with Crippen LogP contribution < -0.4 is 5.73 Å². The van der Waals surface area contributed by atoms with Gasteiger partial charge in [0.05, 0.1) is 0 Å². The molecule has 18 heavy (non-hydrogen) atoms. The first kappa shape index (κ1) is 16.0. The molecule has 4 unspecified atom stereocenters. The molecule has 2 heteroatoms. The van der Waals surface area contributed by atoms with Crippen molar-refractivity contribution in [1.82, 2.24) is 4.90 Å². The third-order valence-corrected chi connectivity index (χ3v) is 5.01. The second-order valence-electron chi connectivity index (χ2n) is 6.12. The van der Waals surface area contributed by atoms with E-state index in [9.17, 15) is 0 Å². The van der Waals surface area contributed by atoms with Crippen LogP contribution in [0.3, 0.4) is 0 Å². The Bertz CT molecular complexity index is 217. The molecule has 4 atom stereocenters. The fourth-order valence-electron chi connectivity index (χ4n) is 3.75. The van der Waals surface area contributed by atoms with Crippen LogP contribution in [-0.2, 0) is 0 Å². The topological polar surface area (TPSA) is 29.3 Å². The third kappa shape index (κ3) is 3.96. The zero-order chi connectivity index (χ0) is 13.5. The summed E-state index contributed by atoms with van der Waals surface area (Å²) in [5.74, 6) is 1.67. The fourth-order valence-corrected chi connectivity index (χ4v) is 3.75. The maximum atomic E-state index is 6.02. The molecule has 1 aliphatic rings. The van der Waals surface area contributed by atoms with Crippen molar-refractivity contribution in [2.75, 3.05) is 13.1 Å². The first-order chi connectivity index (χ1) is 8.67. The number of nitrogens with two attached hydrogens (primary N) is 1. The van der Waals surface area contributed by atoms with Gasteiger partial charge in [0, 0.05) is 12.1 Å². The molecular formula is C16H34N2. The van der Waals surface area contributed by atoms with E-state index < -0.39 is 0 Å². The Hall–Kier alpha value is -0.0800. The van der Waals surface area contributed by atoms with Gasteiger partial charge in [0.25, 0.3) is 0 Å². The average molecular weight is 254 g/mol. The highest BCUT2D eigenvalue weighted by molar-refractivity contribution is 4.88. The van der Waals surface area contributed by atoms with Crippen molar-refractivity contribution < 1.29 is 0 Å². The minimum Gasteiger partial charge on any atom is -0.330 e. The van der Waals surface area contributed by atoms with Gasteiger partial charge in [0.15, 0.2) is 0 Å². The summed E-state index contributed by atoms with van der Waals surface area (Å²) in [5.41, 5.74) is 6.02. The van der Waals surface area contributed by atoms with Gasteiger partial charge >= 0.3 is 0 Å². The van der Waals surface area contributed by atoms with Crippen molar-refractivity contribution in [1.29, 1.82) is 0 Å². The second-order valence-corrected chi connectivity index (χ2v) is 6.12. The van der Waals surface area contributed by atoms with E-state index in [4.69, 9.17) is 5.73 Å². The van der Waals surface area contributed by atoms with E-state index in [2.05, 4.69) is 32.6 Å². The Morgan fingerprint density at radius 3 is 2.44 bits per heavy atom. The average Bonchev–Trinajstić information content (AvgIpc) is 2.40. The summed E-state index contributed by atoms with van der Waals surface area (Å²) in [6.07, 6.45) is 8.13. The molecule has 0 aromatic heterocycles. The van der Waals surface area contributed by atoms with Gasteiger partial charge in [-0.05, 0) is 51.1 Å². The summed E-state index contributed by atoms with van der Waals surface area (Å²) in [7, 11) is 0. The normalized spacial score (nSPS) is 30.7. The maximum Gasteiger partial charge on any atom is 0.0141 e. The van der Waals surface area contributed by atoms with E-state index >= 15 is 0 Å². The van der Waals surface area contributed by atoms with Gasteiger partial charge in [-0.2, -0.15) is 0 Å². The molecule has 1 saturated carbocycles. The summed E-state index contributed by atoms with van der Waals surface area (Å²) in [4.78, 5) is 2.72. The van der Waals surface area contributed by atoms with Crippen LogP contribution in [0.4, 0.5) is 0 Å². The van der Waals surface area contributed by atoms with Crippen LogP contribution in [0.5, 0.6) is 0 Å². The van der Waals surface area contributed by atoms with Gasteiger partial charge < -0.3 is 5.73 Å². The summed E-state index contributed by atoms with van der Waals surface area (Å²) in [6, 6.07) is 1.44. The van der Waals surface area contributed by atoms with E-state index in [-0.39, 0.29) is 0 Å². The quantitative estimate of drug-likeness (QED) is 0.751. The first-order valence-corrected chi connectivity index (χ1v) is 8.13. The molecule has 0 aromatic rings. The number of hydrogen-bond acceptors (Lipinski definition) is 2. The van der Waals surface area contributed by atoms with E-state index in [1.54, 1.807) is 0 Å². The smallest absolute Gasteiger partial charge is 0.0141 e. The van der Waals surface area contributed by atoms with Crippen molar-refractivity contribution in [3.8, 4) is 0 Å². The van der Waals surface area contributed by atoms with E-state index in [1.165, 1.54) is 45.1 Å². The molecule has 2 N–H and O–H groups in total. The Balaban J connectivity index is 2.71. The van der Waals surface area contributed by atoms with Crippen molar-refractivity contribution in [3.63, 3.8) is 0 Å². The minimum absolute atomic E-state index is 0.703. The van der Waals surface area contributed by atoms with Crippen LogP contribution in [0, 0.1) is 11.8 Å². The van der Waals surface area contributed by atoms with Crippen LogP contribution in [0.15, 0.2) is 0 Å². The molecule has 0 aliphatic heterocycles. The Morgan fingerprint density at radius 1 is 1.22 bits per heavy atom. The SMILES string of the molecule is CCCC1CCC(CN)C(N(CC)C(C)CC)C1. The summed E-state index contributed by atoms with van der Waals surface area (Å²) < 4.78 is 0. The molecule has 108 valence electrons. The molecule has 0 spiro atoms. The highest BCUT2D eigenvalue weighted by Crippen LogP contribution is 2.35. The molecule has 1 aliphatic carbocycles. The number of hydrogen-bond donors (Lipinski definition) is 1. The van der Waals surface area contributed by atoms with Gasteiger partial charge in [-0.15, -0.1) is 0 Å². The van der Waals surface area contributed by atoms with E-state index in [1.807, 2.05) is 0 Å². The zero-order valence-electron chi connectivity index (χ0n) is 13.0. The lowest BCUT2D eigenvalue weighted by Gasteiger charge is -2.44. The summed E-state index contributed by atoms with van der Waals surface area (Å²) in [5, 5.41) is 0. The van der Waals surface area contributed by atoms with Crippen LogP contribution in [0.2, 0.25) is 0 Å². The predicted molar refractivity (Wildman–Crippen MR) is 80.7 cm³/mol. The number of rotatable bonds is 7. The van der Waals surface area contributed by atoms with Crippen molar-refractivity contribution in [2.24, 2.45) is 17.6 Å². The highest BCUT2D eigenvalue weighted by atomic mass is 15.2. The lowest BCUT2D eigenvalue weighted by Crippen LogP contribution is -2.50. The predicted octanol–water partition coefficient (Wildman–Crippen LogP) is 3.65. The lowest BCUT2D eigenvalue weighted by atomic mass is 9.75. The van der Waals surface area contributed by atoms with Crippen LogP contribution in [0.1, 0.15) is 66.2 Å². The zero-order valence-corrected chi connectivity index (χ0v) is 13.0. The fraction of sp³-hybridized carbons (Fsp3) is 1.00. The molecular weight excluding hydrogens is 220 g/mol. The second kappa shape index (κ2) is 8.16. The van der Waals surface area contributed by atoms with Crippen molar-refractivity contribution in [3.05, 3.63) is 0 Å². The van der Waals surface area contributed by atoms with Gasteiger partial charge in [-0.1, -0.05) is 40.0 Å². The Labute approximate surface area is 114 Å². The lowest BCUT2D eigenvalue weighted by molar-refractivity contribution is 0.0531. The molecule has 1 rings (SSSR count). The Kier molecular flexibility index (Phi) is 7.25. The number of nitrogens with zero attached hydrogens (tertiary/aromatic N) is 1.